The molecule has 8 nitrogen and oxygen atoms in total. The summed E-state index contributed by atoms with van der Waals surface area (Å²) in [6.07, 6.45) is 1.89. The number of amides is 1. The number of nitrogens with zero attached hydrogens (tertiary/aromatic N) is 4. The number of H-pyrrole nitrogens is 2. The van der Waals surface area contributed by atoms with Crippen molar-refractivity contribution in [2.45, 2.75) is 0 Å². The molecule has 8 heteroatoms. The van der Waals surface area contributed by atoms with Crippen LogP contribution in [0.3, 0.4) is 0 Å². The number of fused-ring (bicyclic) bond motifs is 1. The number of aromatic hydroxyl groups is 1. The number of aromatic amines is 2. The first-order chi connectivity index (χ1) is 12.1. The van der Waals surface area contributed by atoms with Gasteiger partial charge in [-0.25, -0.2) is 0 Å². The standard InChI is InChI=1S/C17H14N6O2/c1-23-8-4-7-14(23)12-9-13(20-19-12)16(24)22-21-15-10-5-2-3-6-11(10)18-17(15)25/h2-9,18,25H,1H3,(H,19,20). The van der Waals surface area contributed by atoms with Crippen molar-refractivity contribution in [1.82, 2.24) is 19.7 Å². The highest BCUT2D eigenvalue weighted by Crippen LogP contribution is 2.35. The van der Waals surface area contributed by atoms with E-state index in [1.807, 2.05) is 42.1 Å². The number of hydrogen-bond donors (Lipinski definition) is 3. The van der Waals surface area contributed by atoms with Crippen molar-refractivity contribution in [3.63, 3.8) is 0 Å². The number of azo groups is 1. The van der Waals surface area contributed by atoms with Crippen LogP contribution in [0.25, 0.3) is 22.3 Å². The largest absolute Gasteiger partial charge is 0.493 e. The lowest BCUT2D eigenvalue weighted by atomic mass is 10.2. The molecule has 0 aliphatic rings. The number of hydrogen-bond acceptors (Lipinski definition) is 4. The third-order valence-corrected chi connectivity index (χ3v) is 3.91. The van der Waals surface area contributed by atoms with Crippen LogP contribution in [0.5, 0.6) is 5.88 Å². The Balaban J connectivity index is 1.62. The molecule has 3 aromatic heterocycles. The summed E-state index contributed by atoms with van der Waals surface area (Å²) in [4.78, 5) is 15.0. The van der Waals surface area contributed by atoms with Crippen LogP contribution in [0.2, 0.25) is 0 Å². The first-order valence-electron chi connectivity index (χ1n) is 7.56. The lowest BCUT2D eigenvalue weighted by Crippen LogP contribution is -1.93. The van der Waals surface area contributed by atoms with Crippen molar-refractivity contribution < 1.29 is 9.90 Å². The second-order valence-corrected chi connectivity index (χ2v) is 5.54. The number of rotatable bonds is 3. The van der Waals surface area contributed by atoms with E-state index >= 15 is 0 Å². The molecule has 0 spiro atoms. The van der Waals surface area contributed by atoms with Gasteiger partial charge in [-0.2, -0.15) is 5.10 Å². The molecule has 0 radical (unpaired) electrons. The average molecular weight is 334 g/mol. The fraction of sp³-hybridized carbons (Fsp3) is 0.0588. The van der Waals surface area contributed by atoms with E-state index in [1.165, 1.54) is 0 Å². The Morgan fingerprint density at radius 3 is 2.88 bits per heavy atom. The van der Waals surface area contributed by atoms with Crippen molar-refractivity contribution in [2.24, 2.45) is 17.3 Å². The molecule has 4 aromatic rings. The lowest BCUT2D eigenvalue weighted by Gasteiger charge is -1.96. The second kappa shape index (κ2) is 5.75. The molecule has 1 aromatic carbocycles. The molecule has 25 heavy (non-hydrogen) atoms. The van der Waals surface area contributed by atoms with Gasteiger partial charge in [-0.3, -0.25) is 9.89 Å². The Morgan fingerprint density at radius 1 is 1.24 bits per heavy atom. The molecule has 0 saturated carbocycles. The van der Waals surface area contributed by atoms with E-state index in [1.54, 1.807) is 18.2 Å². The SMILES string of the molecule is Cn1cccc1-c1cc(C(=O)N=Nc2c(O)[nH]c3ccccc23)[nH]n1. The zero-order valence-electron chi connectivity index (χ0n) is 13.3. The predicted octanol–water partition coefficient (Wildman–Crippen LogP) is 3.53. The fourth-order valence-corrected chi connectivity index (χ4v) is 2.65. The first-order valence-corrected chi connectivity index (χ1v) is 7.56. The normalized spacial score (nSPS) is 11.6. The minimum absolute atomic E-state index is 0.133. The highest BCUT2D eigenvalue weighted by atomic mass is 16.3. The molecule has 4 rings (SSSR count). The Labute approximate surface area is 141 Å². The third kappa shape index (κ3) is 2.59. The van der Waals surface area contributed by atoms with Crippen LogP contribution < -0.4 is 0 Å². The molecule has 0 unspecified atom stereocenters. The molecule has 0 aliphatic heterocycles. The van der Waals surface area contributed by atoms with Crippen LogP contribution in [-0.4, -0.2) is 30.8 Å². The highest BCUT2D eigenvalue weighted by Gasteiger charge is 2.14. The van der Waals surface area contributed by atoms with E-state index in [0.717, 1.165) is 5.69 Å². The third-order valence-electron chi connectivity index (χ3n) is 3.91. The number of aryl methyl sites for hydroxylation is 1. The number of carbonyl (C=O) groups excluding carboxylic acids is 1. The molecule has 0 atom stereocenters. The van der Waals surface area contributed by atoms with E-state index in [9.17, 15) is 9.90 Å². The predicted molar refractivity (Wildman–Crippen MR) is 91.8 cm³/mol. The Morgan fingerprint density at radius 2 is 2.08 bits per heavy atom. The fourth-order valence-electron chi connectivity index (χ4n) is 2.65. The van der Waals surface area contributed by atoms with E-state index in [2.05, 4.69) is 25.4 Å². The summed E-state index contributed by atoms with van der Waals surface area (Å²) in [7, 11) is 1.89. The number of aromatic nitrogens is 4. The van der Waals surface area contributed by atoms with Crippen molar-refractivity contribution in [3.05, 3.63) is 54.4 Å². The van der Waals surface area contributed by atoms with Gasteiger partial charge >= 0.3 is 5.91 Å². The molecule has 0 bridgehead atoms. The maximum atomic E-state index is 12.2. The highest BCUT2D eigenvalue weighted by molar-refractivity contribution is 5.96. The minimum atomic E-state index is -0.572. The van der Waals surface area contributed by atoms with Crippen LogP contribution in [0, 0.1) is 0 Å². The molecule has 1 amide bonds. The second-order valence-electron chi connectivity index (χ2n) is 5.54. The van der Waals surface area contributed by atoms with Crippen molar-refractivity contribution in [1.29, 1.82) is 0 Å². The summed E-state index contributed by atoms with van der Waals surface area (Å²) in [6, 6.07) is 12.6. The van der Waals surface area contributed by atoms with Gasteiger partial charge in [0.05, 0.1) is 11.2 Å². The Bertz CT molecular complexity index is 1100. The van der Waals surface area contributed by atoms with Gasteiger partial charge in [0.1, 0.15) is 11.4 Å². The minimum Gasteiger partial charge on any atom is -0.493 e. The molecule has 0 saturated heterocycles. The summed E-state index contributed by atoms with van der Waals surface area (Å²) < 4.78 is 1.90. The molecule has 0 aliphatic carbocycles. The molecule has 3 N–H and O–H groups in total. The maximum absolute atomic E-state index is 12.2. The van der Waals surface area contributed by atoms with E-state index in [4.69, 9.17) is 0 Å². The van der Waals surface area contributed by atoms with E-state index in [-0.39, 0.29) is 17.3 Å². The molecule has 0 fully saturated rings. The number of nitrogens with one attached hydrogen (secondary N) is 2. The molecular weight excluding hydrogens is 320 g/mol. The summed E-state index contributed by atoms with van der Waals surface area (Å²) >= 11 is 0. The average Bonchev–Trinajstić information content (AvgIpc) is 3.30. The smallest absolute Gasteiger partial charge is 0.313 e. The lowest BCUT2D eigenvalue weighted by molar-refractivity contribution is 0.0990. The Hall–Kier alpha value is -3.68. The Kier molecular flexibility index (Phi) is 3.42. The quantitative estimate of drug-likeness (QED) is 0.498. The maximum Gasteiger partial charge on any atom is 0.313 e. The molecular formula is C17H14N6O2. The van der Waals surface area contributed by atoms with Gasteiger partial charge in [0.25, 0.3) is 0 Å². The van der Waals surface area contributed by atoms with Crippen LogP contribution >= 0.6 is 0 Å². The molecule has 3 heterocycles. The van der Waals surface area contributed by atoms with Crippen molar-refractivity contribution >= 4 is 22.5 Å². The van der Waals surface area contributed by atoms with Crippen molar-refractivity contribution in [2.75, 3.05) is 0 Å². The summed E-state index contributed by atoms with van der Waals surface area (Å²) in [6.45, 7) is 0. The summed E-state index contributed by atoms with van der Waals surface area (Å²) in [5, 5.41) is 25.0. The monoisotopic (exact) mass is 334 g/mol. The number of benzene rings is 1. The van der Waals surface area contributed by atoms with Crippen LogP contribution in [0.1, 0.15) is 10.5 Å². The van der Waals surface area contributed by atoms with Crippen LogP contribution in [-0.2, 0) is 7.05 Å². The zero-order valence-corrected chi connectivity index (χ0v) is 13.3. The van der Waals surface area contributed by atoms with Gasteiger partial charge in [-0.15, -0.1) is 10.2 Å². The van der Waals surface area contributed by atoms with Gasteiger partial charge in [0.2, 0.25) is 5.88 Å². The van der Waals surface area contributed by atoms with Gasteiger partial charge in [-0.05, 0) is 24.3 Å². The van der Waals surface area contributed by atoms with E-state index in [0.29, 0.717) is 16.6 Å². The number of carbonyl (C=O) groups is 1. The summed E-state index contributed by atoms with van der Waals surface area (Å²) in [5.41, 5.74) is 2.68. The molecule has 124 valence electrons. The van der Waals surface area contributed by atoms with Crippen LogP contribution in [0.4, 0.5) is 5.69 Å². The first kappa shape index (κ1) is 14.9. The van der Waals surface area contributed by atoms with Gasteiger partial charge < -0.3 is 14.7 Å². The van der Waals surface area contributed by atoms with E-state index < -0.39 is 5.91 Å². The summed E-state index contributed by atoms with van der Waals surface area (Å²) in [5.74, 6) is -0.704. The van der Waals surface area contributed by atoms with Gasteiger partial charge in [0, 0.05) is 18.6 Å². The van der Waals surface area contributed by atoms with Gasteiger partial charge in [0.15, 0.2) is 5.69 Å². The zero-order chi connectivity index (χ0) is 17.4. The van der Waals surface area contributed by atoms with Crippen LogP contribution in [0.15, 0.2) is 58.9 Å². The topological polar surface area (TPSA) is 111 Å². The van der Waals surface area contributed by atoms with Crippen molar-refractivity contribution in [3.8, 4) is 17.3 Å². The van der Waals surface area contributed by atoms with Gasteiger partial charge in [-0.1, -0.05) is 18.2 Å². The number of para-hydroxylation sites is 1.